The molecular weight excluding hydrogens is 585 g/mol. The van der Waals surface area contributed by atoms with Crippen LogP contribution in [-0.2, 0) is 32.8 Å². The van der Waals surface area contributed by atoms with Crippen molar-refractivity contribution in [2.45, 2.75) is 52.4 Å². The predicted octanol–water partition coefficient (Wildman–Crippen LogP) is 5.67. The molecule has 0 aromatic heterocycles. The van der Waals surface area contributed by atoms with Gasteiger partial charge in [-0.05, 0) is 67.8 Å². The van der Waals surface area contributed by atoms with Crippen molar-refractivity contribution in [1.82, 2.24) is 10.2 Å². The molecule has 11 heteroatoms. The lowest BCUT2D eigenvalue weighted by Gasteiger charge is -2.32. The summed E-state index contributed by atoms with van der Waals surface area (Å²) in [5, 5.41) is 3.55. The van der Waals surface area contributed by atoms with Gasteiger partial charge < -0.3 is 15.0 Å². The molecular formula is C30H35Cl2N3O5S. The molecule has 3 rings (SSSR count). The van der Waals surface area contributed by atoms with Crippen molar-refractivity contribution >= 4 is 50.7 Å². The number of hydrogen-bond acceptors (Lipinski definition) is 5. The summed E-state index contributed by atoms with van der Waals surface area (Å²) >= 11 is 12.2. The van der Waals surface area contributed by atoms with Crippen LogP contribution in [0.25, 0.3) is 0 Å². The van der Waals surface area contributed by atoms with Gasteiger partial charge in [0.2, 0.25) is 21.8 Å². The zero-order chi connectivity index (χ0) is 30.2. The van der Waals surface area contributed by atoms with Gasteiger partial charge in [0.25, 0.3) is 0 Å². The van der Waals surface area contributed by atoms with Crippen LogP contribution in [0.3, 0.4) is 0 Å². The van der Waals surface area contributed by atoms with Gasteiger partial charge in [0.15, 0.2) is 0 Å². The van der Waals surface area contributed by atoms with Crippen molar-refractivity contribution in [1.29, 1.82) is 0 Å². The van der Waals surface area contributed by atoms with Crippen LogP contribution in [0.2, 0.25) is 10.0 Å². The number of halogens is 2. The van der Waals surface area contributed by atoms with E-state index in [-0.39, 0.29) is 18.5 Å². The molecule has 0 unspecified atom stereocenters. The van der Waals surface area contributed by atoms with Crippen LogP contribution in [-0.4, -0.2) is 50.0 Å². The second-order valence-corrected chi connectivity index (χ2v) is 12.5. The summed E-state index contributed by atoms with van der Waals surface area (Å²) in [5.41, 5.74) is 1.93. The molecule has 3 aromatic rings. The summed E-state index contributed by atoms with van der Waals surface area (Å²) in [6.07, 6.45) is 1.74. The minimum atomic E-state index is -3.86. The minimum absolute atomic E-state index is 0.0225. The molecule has 0 saturated carbocycles. The molecule has 0 heterocycles. The summed E-state index contributed by atoms with van der Waals surface area (Å²) in [4.78, 5) is 28.1. The van der Waals surface area contributed by atoms with E-state index in [0.29, 0.717) is 40.1 Å². The molecule has 3 aromatic carbocycles. The first-order chi connectivity index (χ1) is 19.4. The molecule has 220 valence electrons. The Morgan fingerprint density at radius 3 is 2.17 bits per heavy atom. The molecule has 0 spiro atoms. The van der Waals surface area contributed by atoms with Gasteiger partial charge in [0.05, 0.1) is 22.0 Å². The van der Waals surface area contributed by atoms with Crippen LogP contribution in [0, 0.1) is 0 Å². The van der Waals surface area contributed by atoms with Gasteiger partial charge in [-0.2, -0.15) is 0 Å². The fraction of sp³-hybridized carbons (Fsp3) is 0.333. The third-order valence-corrected chi connectivity index (χ3v) is 8.44. The van der Waals surface area contributed by atoms with E-state index >= 15 is 0 Å². The third-order valence-electron chi connectivity index (χ3n) is 6.56. The van der Waals surface area contributed by atoms with E-state index in [1.54, 1.807) is 49.4 Å². The molecule has 0 fully saturated rings. The molecule has 0 radical (unpaired) electrons. The van der Waals surface area contributed by atoms with Gasteiger partial charge in [0.1, 0.15) is 24.9 Å². The fourth-order valence-electron chi connectivity index (χ4n) is 3.95. The summed E-state index contributed by atoms with van der Waals surface area (Å²) in [6, 6.07) is 20.1. The Balaban J connectivity index is 1.84. The number of amides is 2. The van der Waals surface area contributed by atoms with Crippen LogP contribution in [0.1, 0.15) is 38.3 Å². The topological polar surface area (TPSA) is 96.0 Å². The molecule has 0 aliphatic heterocycles. The van der Waals surface area contributed by atoms with Crippen molar-refractivity contribution in [3.8, 4) is 5.75 Å². The van der Waals surface area contributed by atoms with Gasteiger partial charge in [-0.1, -0.05) is 66.5 Å². The van der Waals surface area contributed by atoms with Crippen LogP contribution in [0.15, 0.2) is 72.8 Å². The Hall–Kier alpha value is -3.27. The Morgan fingerprint density at radius 2 is 1.59 bits per heavy atom. The van der Waals surface area contributed by atoms with E-state index < -0.39 is 28.5 Å². The second-order valence-electron chi connectivity index (χ2n) is 9.80. The molecule has 2 amide bonds. The Kier molecular flexibility index (Phi) is 11.5. The molecule has 0 aliphatic carbocycles. The normalized spacial score (nSPS) is 12.7. The van der Waals surface area contributed by atoms with Crippen molar-refractivity contribution in [3.63, 3.8) is 0 Å². The number of carbonyl (C=O) groups excluding carboxylic acids is 2. The highest BCUT2D eigenvalue weighted by Gasteiger charge is 2.30. The third kappa shape index (κ3) is 9.38. The molecule has 8 nitrogen and oxygen atoms in total. The number of anilines is 1. The number of sulfonamides is 1. The first-order valence-electron chi connectivity index (χ1n) is 13.2. The second kappa shape index (κ2) is 14.6. The van der Waals surface area contributed by atoms with Crippen LogP contribution in [0.5, 0.6) is 5.75 Å². The first-order valence-corrected chi connectivity index (χ1v) is 15.8. The van der Waals surface area contributed by atoms with Gasteiger partial charge in [-0.15, -0.1) is 0 Å². The minimum Gasteiger partial charge on any atom is -0.489 e. The van der Waals surface area contributed by atoms with Crippen molar-refractivity contribution < 1.29 is 22.7 Å². The summed E-state index contributed by atoms with van der Waals surface area (Å²) in [5.74, 6) is -0.356. The van der Waals surface area contributed by atoms with E-state index in [4.69, 9.17) is 27.9 Å². The van der Waals surface area contributed by atoms with E-state index in [2.05, 4.69) is 5.32 Å². The molecule has 1 N–H and O–H groups in total. The standard InChI is InChI=1S/C30H35Cl2N3O5S/c1-5-21(2)33-30(37)22(3)34(18-24-11-16-27(31)28(32)17-24)29(36)19-35(41(4,38)39)25-12-14-26(15-13-25)40-20-23-9-7-6-8-10-23/h6-17,21-22H,5,18-20H2,1-4H3,(H,33,37)/t21-,22+/m1/s1. The maximum Gasteiger partial charge on any atom is 0.244 e. The number of nitrogens with zero attached hydrogens (tertiary/aromatic N) is 2. The lowest BCUT2D eigenvalue weighted by Crippen LogP contribution is -2.52. The number of ether oxygens (including phenoxy) is 1. The molecule has 0 bridgehead atoms. The van der Waals surface area contributed by atoms with Crippen molar-refractivity contribution in [2.75, 3.05) is 17.1 Å². The zero-order valence-electron chi connectivity index (χ0n) is 23.5. The smallest absolute Gasteiger partial charge is 0.244 e. The summed E-state index contributed by atoms with van der Waals surface area (Å²) < 4.78 is 32.5. The lowest BCUT2D eigenvalue weighted by molar-refractivity contribution is -0.139. The maximum absolute atomic E-state index is 13.7. The monoisotopic (exact) mass is 619 g/mol. The maximum atomic E-state index is 13.7. The summed E-state index contributed by atoms with van der Waals surface area (Å²) in [6.45, 7) is 5.29. The van der Waals surface area contributed by atoms with Gasteiger partial charge in [-0.3, -0.25) is 13.9 Å². The molecule has 0 saturated heterocycles. The van der Waals surface area contributed by atoms with Crippen LogP contribution >= 0.6 is 23.2 Å². The average Bonchev–Trinajstić information content (AvgIpc) is 2.95. The van der Waals surface area contributed by atoms with E-state index in [1.807, 2.05) is 44.2 Å². The molecule has 41 heavy (non-hydrogen) atoms. The van der Waals surface area contributed by atoms with Gasteiger partial charge in [0, 0.05) is 12.6 Å². The van der Waals surface area contributed by atoms with Crippen molar-refractivity contribution in [3.05, 3.63) is 94.0 Å². The highest BCUT2D eigenvalue weighted by molar-refractivity contribution is 7.92. The molecule has 2 atom stereocenters. The highest BCUT2D eigenvalue weighted by atomic mass is 35.5. The number of rotatable bonds is 13. The average molecular weight is 621 g/mol. The van der Waals surface area contributed by atoms with Gasteiger partial charge >= 0.3 is 0 Å². The van der Waals surface area contributed by atoms with Crippen LogP contribution in [0.4, 0.5) is 5.69 Å². The van der Waals surface area contributed by atoms with Gasteiger partial charge in [-0.25, -0.2) is 8.42 Å². The predicted molar refractivity (Wildman–Crippen MR) is 164 cm³/mol. The summed E-state index contributed by atoms with van der Waals surface area (Å²) in [7, 11) is -3.86. The Labute approximate surface area is 252 Å². The zero-order valence-corrected chi connectivity index (χ0v) is 25.8. The lowest BCUT2D eigenvalue weighted by atomic mass is 10.1. The largest absolute Gasteiger partial charge is 0.489 e. The van der Waals surface area contributed by atoms with E-state index in [9.17, 15) is 18.0 Å². The number of carbonyl (C=O) groups is 2. The Morgan fingerprint density at radius 1 is 0.927 bits per heavy atom. The highest BCUT2D eigenvalue weighted by Crippen LogP contribution is 2.25. The Bertz CT molecular complexity index is 1440. The SMILES string of the molecule is CC[C@@H](C)NC(=O)[C@H](C)N(Cc1ccc(Cl)c(Cl)c1)C(=O)CN(c1ccc(OCc2ccccc2)cc1)S(C)(=O)=O. The van der Waals surface area contributed by atoms with Crippen molar-refractivity contribution in [2.24, 2.45) is 0 Å². The first kappa shape index (κ1) is 32.2. The quantitative estimate of drug-likeness (QED) is 0.266. The molecule has 0 aliphatic rings. The van der Waals surface area contributed by atoms with E-state index in [1.165, 1.54) is 4.90 Å². The number of hydrogen-bond donors (Lipinski definition) is 1. The number of nitrogens with one attached hydrogen (secondary N) is 1. The van der Waals surface area contributed by atoms with E-state index in [0.717, 1.165) is 16.1 Å². The fourth-order valence-corrected chi connectivity index (χ4v) is 5.12. The van der Waals surface area contributed by atoms with Crippen LogP contribution < -0.4 is 14.4 Å². The number of benzene rings is 3.